The van der Waals surface area contributed by atoms with Gasteiger partial charge in [-0.15, -0.1) is 0 Å². The maximum atomic E-state index is 6.41. The molecule has 1 atom stereocenters. The standard InChI is InChI=1S/C17H27ClN2/c1-4-17(5-2)8-9-20(12-17)15-7-6-14(10-13(3)19)16(18)11-15/h6-7,11,13H,4-5,8-10,12,19H2,1-3H3. The molecule has 1 unspecified atom stereocenters. The van der Waals surface area contributed by atoms with Gasteiger partial charge in [0.15, 0.2) is 0 Å². The zero-order valence-electron chi connectivity index (χ0n) is 13.0. The molecule has 0 amide bonds. The van der Waals surface area contributed by atoms with Gasteiger partial charge in [-0.2, -0.15) is 0 Å². The Morgan fingerprint density at radius 2 is 2.05 bits per heavy atom. The third-order valence-corrected chi connectivity index (χ3v) is 5.23. The molecule has 1 saturated heterocycles. The van der Waals surface area contributed by atoms with Gasteiger partial charge in [0.25, 0.3) is 0 Å². The van der Waals surface area contributed by atoms with Crippen LogP contribution in [0.5, 0.6) is 0 Å². The van der Waals surface area contributed by atoms with E-state index >= 15 is 0 Å². The van der Waals surface area contributed by atoms with Crippen LogP contribution in [0.25, 0.3) is 0 Å². The molecule has 1 aromatic carbocycles. The van der Waals surface area contributed by atoms with E-state index in [9.17, 15) is 0 Å². The molecule has 0 radical (unpaired) electrons. The van der Waals surface area contributed by atoms with Crippen LogP contribution < -0.4 is 10.6 Å². The van der Waals surface area contributed by atoms with E-state index in [1.165, 1.54) is 24.9 Å². The van der Waals surface area contributed by atoms with Crippen molar-refractivity contribution in [3.8, 4) is 0 Å². The molecule has 0 bridgehead atoms. The average Bonchev–Trinajstić information content (AvgIpc) is 2.86. The Labute approximate surface area is 128 Å². The maximum Gasteiger partial charge on any atom is 0.0459 e. The smallest absolute Gasteiger partial charge is 0.0459 e. The van der Waals surface area contributed by atoms with Crippen LogP contribution in [0.15, 0.2) is 18.2 Å². The Kier molecular flexibility index (Phi) is 4.98. The normalized spacial score (nSPS) is 19.4. The zero-order valence-corrected chi connectivity index (χ0v) is 13.7. The summed E-state index contributed by atoms with van der Waals surface area (Å²) in [5.41, 5.74) is 8.76. The van der Waals surface area contributed by atoms with Gasteiger partial charge in [0.05, 0.1) is 0 Å². The van der Waals surface area contributed by atoms with Crippen LogP contribution in [0.2, 0.25) is 5.02 Å². The summed E-state index contributed by atoms with van der Waals surface area (Å²) in [5, 5.41) is 0.852. The van der Waals surface area contributed by atoms with E-state index in [-0.39, 0.29) is 6.04 Å². The monoisotopic (exact) mass is 294 g/mol. The molecule has 1 aliphatic rings. The zero-order chi connectivity index (χ0) is 14.8. The molecule has 2 rings (SSSR count). The van der Waals surface area contributed by atoms with E-state index in [1.807, 2.05) is 6.92 Å². The SMILES string of the molecule is CCC1(CC)CCN(c2ccc(CC(C)N)c(Cl)c2)C1. The molecule has 0 spiro atoms. The van der Waals surface area contributed by atoms with Crippen LogP contribution in [0, 0.1) is 5.41 Å². The van der Waals surface area contributed by atoms with Gasteiger partial charge in [-0.3, -0.25) is 0 Å². The van der Waals surface area contributed by atoms with Gasteiger partial charge >= 0.3 is 0 Å². The molecule has 112 valence electrons. The number of nitrogens with two attached hydrogens (primary N) is 1. The molecular formula is C17H27ClN2. The van der Waals surface area contributed by atoms with E-state index in [0.717, 1.165) is 30.1 Å². The van der Waals surface area contributed by atoms with Gasteiger partial charge in [-0.25, -0.2) is 0 Å². The van der Waals surface area contributed by atoms with Crippen LogP contribution in [0.1, 0.15) is 45.6 Å². The first-order valence-electron chi connectivity index (χ1n) is 7.78. The Bertz CT molecular complexity index is 452. The molecule has 20 heavy (non-hydrogen) atoms. The van der Waals surface area contributed by atoms with Crippen LogP contribution in [0.4, 0.5) is 5.69 Å². The van der Waals surface area contributed by atoms with Crippen LogP contribution in [-0.2, 0) is 6.42 Å². The van der Waals surface area contributed by atoms with Crippen LogP contribution >= 0.6 is 11.6 Å². The van der Waals surface area contributed by atoms with Gasteiger partial charge in [0, 0.05) is 29.8 Å². The molecule has 0 aliphatic carbocycles. The van der Waals surface area contributed by atoms with Crippen molar-refractivity contribution < 1.29 is 0 Å². The number of rotatable bonds is 5. The molecule has 3 heteroatoms. The Morgan fingerprint density at radius 3 is 2.55 bits per heavy atom. The predicted molar refractivity (Wildman–Crippen MR) is 88.7 cm³/mol. The fourth-order valence-corrected chi connectivity index (χ4v) is 3.48. The van der Waals surface area contributed by atoms with Crippen molar-refractivity contribution >= 4 is 17.3 Å². The first-order chi connectivity index (χ1) is 9.49. The van der Waals surface area contributed by atoms with Gasteiger partial charge < -0.3 is 10.6 Å². The first-order valence-corrected chi connectivity index (χ1v) is 8.16. The summed E-state index contributed by atoms with van der Waals surface area (Å²) in [6.45, 7) is 8.94. The van der Waals surface area contributed by atoms with Crippen molar-refractivity contribution in [3.05, 3.63) is 28.8 Å². The van der Waals surface area contributed by atoms with E-state index in [0.29, 0.717) is 5.41 Å². The quantitative estimate of drug-likeness (QED) is 0.880. The largest absolute Gasteiger partial charge is 0.371 e. The molecule has 0 aromatic heterocycles. The van der Waals surface area contributed by atoms with Crippen molar-refractivity contribution in [2.24, 2.45) is 11.1 Å². The lowest BCUT2D eigenvalue weighted by Gasteiger charge is -2.27. The number of hydrogen-bond acceptors (Lipinski definition) is 2. The number of anilines is 1. The van der Waals surface area contributed by atoms with Crippen molar-refractivity contribution in [2.75, 3.05) is 18.0 Å². The third kappa shape index (κ3) is 3.29. The molecule has 1 heterocycles. The molecule has 1 aliphatic heterocycles. The number of hydrogen-bond donors (Lipinski definition) is 1. The van der Waals surface area contributed by atoms with Crippen molar-refractivity contribution in [1.82, 2.24) is 0 Å². The lowest BCUT2D eigenvalue weighted by Crippen LogP contribution is -2.26. The molecular weight excluding hydrogens is 268 g/mol. The molecule has 1 aromatic rings. The van der Waals surface area contributed by atoms with Crippen LogP contribution in [0.3, 0.4) is 0 Å². The van der Waals surface area contributed by atoms with Crippen molar-refractivity contribution in [2.45, 2.75) is 52.5 Å². The first kappa shape index (κ1) is 15.7. The molecule has 1 fully saturated rings. The molecule has 2 N–H and O–H groups in total. The molecule has 0 saturated carbocycles. The minimum atomic E-state index is 0.151. The fraction of sp³-hybridized carbons (Fsp3) is 0.647. The number of halogens is 1. The lowest BCUT2D eigenvalue weighted by molar-refractivity contribution is 0.301. The highest BCUT2D eigenvalue weighted by Crippen LogP contribution is 2.39. The Hall–Kier alpha value is -0.730. The van der Waals surface area contributed by atoms with Gasteiger partial charge in [0.2, 0.25) is 0 Å². The number of nitrogens with zero attached hydrogens (tertiary/aromatic N) is 1. The predicted octanol–water partition coefficient (Wildman–Crippen LogP) is 4.25. The van der Waals surface area contributed by atoms with E-state index in [4.69, 9.17) is 17.3 Å². The van der Waals surface area contributed by atoms with Crippen molar-refractivity contribution in [1.29, 1.82) is 0 Å². The highest BCUT2D eigenvalue weighted by molar-refractivity contribution is 6.31. The summed E-state index contributed by atoms with van der Waals surface area (Å²) in [5.74, 6) is 0. The second-order valence-corrected chi connectivity index (χ2v) is 6.74. The second-order valence-electron chi connectivity index (χ2n) is 6.34. The van der Waals surface area contributed by atoms with Crippen LogP contribution in [-0.4, -0.2) is 19.1 Å². The second kappa shape index (κ2) is 6.36. The summed E-state index contributed by atoms with van der Waals surface area (Å²) in [6.07, 6.45) is 4.65. The summed E-state index contributed by atoms with van der Waals surface area (Å²) >= 11 is 6.41. The summed E-state index contributed by atoms with van der Waals surface area (Å²) in [7, 11) is 0. The topological polar surface area (TPSA) is 29.3 Å². The van der Waals surface area contributed by atoms with Gasteiger partial charge in [-0.05, 0) is 55.7 Å². The Balaban J connectivity index is 2.13. The Morgan fingerprint density at radius 1 is 1.35 bits per heavy atom. The van der Waals surface area contributed by atoms with E-state index < -0.39 is 0 Å². The van der Waals surface area contributed by atoms with E-state index in [2.05, 4.69) is 36.9 Å². The summed E-state index contributed by atoms with van der Waals surface area (Å²) < 4.78 is 0. The minimum absolute atomic E-state index is 0.151. The van der Waals surface area contributed by atoms with Gasteiger partial charge in [0.1, 0.15) is 0 Å². The fourth-order valence-electron chi connectivity index (χ4n) is 3.23. The third-order valence-electron chi connectivity index (χ3n) is 4.88. The van der Waals surface area contributed by atoms with Gasteiger partial charge in [-0.1, -0.05) is 31.5 Å². The maximum absolute atomic E-state index is 6.41. The average molecular weight is 295 g/mol. The van der Waals surface area contributed by atoms with Crippen molar-refractivity contribution in [3.63, 3.8) is 0 Å². The highest BCUT2D eigenvalue weighted by atomic mass is 35.5. The number of benzene rings is 1. The van der Waals surface area contributed by atoms with E-state index in [1.54, 1.807) is 0 Å². The highest BCUT2D eigenvalue weighted by Gasteiger charge is 2.34. The summed E-state index contributed by atoms with van der Waals surface area (Å²) in [4.78, 5) is 2.48. The lowest BCUT2D eigenvalue weighted by atomic mass is 9.82. The molecule has 2 nitrogen and oxygen atoms in total. The minimum Gasteiger partial charge on any atom is -0.371 e. The summed E-state index contributed by atoms with van der Waals surface area (Å²) in [6, 6.07) is 6.60.